The van der Waals surface area contributed by atoms with E-state index in [4.69, 9.17) is 0 Å². The molecule has 0 atom stereocenters. The van der Waals surface area contributed by atoms with Gasteiger partial charge in [-0.05, 0) is 296 Å². The molecule has 14 aromatic carbocycles. The van der Waals surface area contributed by atoms with Gasteiger partial charge in [-0.1, -0.05) is 400 Å². The molecule has 632 valence electrons. The lowest BCUT2D eigenvalue weighted by molar-refractivity contribution is 0.568. The third kappa shape index (κ3) is 17.9. The average Bonchev–Trinajstić information content (AvgIpc) is 1.58. The van der Waals surface area contributed by atoms with Crippen molar-refractivity contribution in [1.82, 2.24) is 0 Å². The fourth-order valence-electron chi connectivity index (χ4n) is 18.3. The van der Waals surface area contributed by atoms with E-state index < -0.39 is 0 Å². The van der Waals surface area contributed by atoms with E-state index >= 15 is 0 Å². The zero-order valence-electron chi connectivity index (χ0n) is 79.8. The third-order valence-corrected chi connectivity index (χ3v) is 26.5. The summed E-state index contributed by atoms with van der Waals surface area (Å²) in [6, 6.07) is 116. The van der Waals surface area contributed by atoms with Gasteiger partial charge in [0.1, 0.15) is 0 Å². The topological polar surface area (TPSA) is 6.48 Å². The molecule has 0 saturated carbocycles. The van der Waals surface area contributed by atoms with Crippen LogP contribution in [0.15, 0.2) is 303 Å². The van der Waals surface area contributed by atoms with Crippen molar-refractivity contribution in [1.29, 1.82) is 0 Å². The summed E-state index contributed by atoms with van der Waals surface area (Å²) < 4.78 is 0. The zero-order chi connectivity index (χ0) is 89.1. The Kier molecular flexibility index (Phi) is 22.6. The fraction of sp³-hybridized carbons (Fsp3) is 0.311. The summed E-state index contributed by atoms with van der Waals surface area (Å²) in [7, 11) is 0. The minimum atomic E-state index is -0.0996. The van der Waals surface area contributed by atoms with Gasteiger partial charge in [0.05, 0.1) is 0 Å². The molecular formula is C122H134N2. The summed E-state index contributed by atoms with van der Waals surface area (Å²) in [5.74, 6) is 0. The number of anilines is 6. The highest BCUT2D eigenvalue weighted by molar-refractivity contribution is 5.90. The Morgan fingerprint density at radius 3 is 0.726 bits per heavy atom. The zero-order valence-corrected chi connectivity index (χ0v) is 79.8. The van der Waals surface area contributed by atoms with Crippen LogP contribution in [0.2, 0.25) is 0 Å². The molecule has 0 N–H and O–H groups in total. The first-order chi connectivity index (χ1) is 58.0. The van der Waals surface area contributed by atoms with Crippen LogP contribution >= 0.6 is 0 Å². The summed E-state index contributed by atoms with van der Waals surface area (Å²) in [6.45, 7) is 65.0. The number of nitrogens with zero attached hydrogens (tertiary/aromatic N) is 2. The van der Waals surface area contributed by atoms with Crippen LogP contribution in [0.4, 0.5) is 34.1 Å². The van der Waals surface area contributed by atoms with Crippen molar-refractivity contribution in [2.75, 3.05) is 9.80 Å². The Bertz CT molecular complexity index is 6300. The second-order valence-corrected chi connectivity index (χ2v) is 45.0. The van der Waals surface area contributed by atoms with Crippen LogP contribution < -0.4 is 9.80 Å². The van der Waals surface area contributed by atoms with Gasteiger partial charge in [0.25, 0.3) is 0 Å². The molecule has 2 aliphatic carbocycles. The molecule has 2 heteroatoms. The molecule has 0 heterocycles. The van der Waals surface area contributed by atoms with Gasteiger partial charge < -0.3 is 9.80 Å². The maximum Gasteiger partial charge on any atom is 0.0467 e. The standard InChI is InChI=1S/2C61H67N/c1-57(2,3)46-23-19-25-51(38-46)62(52-28-29-54-53-26-15-16-27-55(53)61(13,14)56(54)39-52)50-24-18-22-42(36-50)40-20-17-21-41(30-40)43-31-44(33-47(32-43)58(4,5)6)45-34-48(59(7,8)9)37-49(35-45)60(10,11)12;1-57(2,3)46-25-27-50(28-26-46)62(52-29-30-54-53-23-15-16-24-55(53)61(13,14)56(54)39-52)51-22-18-21-42(37-51)40-19-17-20-41(31-40)43-32-44(34-47(33-43)58(4,5)6)45-35-48(59(7,8)9)38-49(36-45)60(10,11)12/h2*15-39H,1-14H3. The Hall–Kier alpha value is -11.3. The maximum absolute atomic E-state index is 2.46. The van der Waals surface area contributed by atoms with Gasteiger partial charge in [0.2, 0.25) is 0 Å². The molecular weight excluding hydrogens is 1490 g/mol. The van der Waals surface area contributed by atoms with Crippen molar-refractivity contribution in [2.45, 2.75) is 248 Å². The van der Waals surface area contributed by atoms with Gasteiger partial charge in [-0.3, -0.25) is 0 Å². The first kappa shape index (κ1) is 87.6. The van der Waals surface area contributed by atoms with Crippen molar-refractivity contribution < 1.29 is 0 Å². The van der Waals surface area contributed by atoms with Crippen LogP contribution in [-0.4, -0.2) is 0 Å². The van der Waals surface area contributed by atoms with Gasteiger partial charge in [-0.15, -0.1) is 0 Å². The lowest BCUT2D eigenvalue weighted by Crippen LogP contribution is -2.17. The number of rotatable bonds is 12. The predicted octanol–water partition coefficient (Wildman–Crippen LogP) is 35.3. The molecule has 0 saturated heterocycles. The van der Waals surface area contributed by atoms with Gasteiger partial charge in [0.15, 0.2) is 0 Å². The van der Waals surface area contributed by atoms with Crippen LogP contribution in [0.5, 0.6) is 0 Å². The van der Waals surface area contributed by atoms with Gasteiger partial charge >= 0.3 is 0 Å². The number of hydrogen-bond donors (Lipinski definition) is 0. The summed E-state index contributed by atoms with van der Waals surface area (Å²) in [5, 5.41) is 0. The predicted molar refractivity (Wildman–Crippen MR) is 540 cm³/mol. The summed E-state index contributed by atoms with van der Waals surface area (Å²) in [5.41, 5.74) is 43.4. The van der Waals surface area contributed by atoms with E-state index in [-0.39, 0.29) is 54.1 Å². The molecule has 0 fully saturated rings. The molecule has 2 aliphatic rings. The Morgan fingerprint density at radius 1 is 0.153 bits per heavy atom. The Balaban J connectivity index is 0.000000192. The number of benzene rings is 14. The van der Waals surface area contributed by atoms with E-state index in [9.17, 15) is 0 Å². The van der Waals surface area contributed by atoms with Gasteiger partial charge in [0, 0.05) is 45.0 Å². The molecule has 0 spiro atoms. The van der Waals surface area contributed by atoms with E-state index in [0.29, 0.717) is 0 Å². The monoisotopic (exact) mass is 1630 g/mol. The molecule has 0 radical (unpaired) electrons. The number of fused-ring (bicyclic) bond motifs is 6. The Labute approximate surface area is 746 Å². The SMILES string of the molecule is CC(C)(C)c1cc(-c2cccc(-c3cccc(N(c4cccc(C(C)(C)C)c4)c4ccc5c(c4)C(C)(C)c4ccccc4-5)c3)c2)cc(-c2cc(C(C)(C)C)cc(C(C)(C)C)c2)c1.CC(C)(C)c1ccc(N(c2cccc(-c3cccc(-c4cc(-c5cc(C(C)(C)C)cc(C(C)(C)C)c5)cc(C(C)(C)C)c4)c3)c2)c2ccc3c(c2)C(C)(C)c2ccccc2-3)cc1. The Morgan fingerprint density at radius 2 is 0.387 bits per heavy atom. The van der Waals surface area contributed by atoms with Crippen LogP contribution in [0.3, 0.4) is 0 Å². The van der Waals surface area contributed by atoms with E-state index in [0.717, 1.165) is 28.4 Å². The van der Waals surface area contributed by atoms with Crippen molar-refractivity contribution in [3.63, 3.8) is 0 Å². The number of hydrogen-bond acceptors (Lipinski definition) is 2. The second-order valence-electron chi connectivity index (χ2n) is 45.0. The average molecular weight is 1630 g/mol. The molecule has 0 bridgehead atoms. The fourth-order valence-corrected chi connectivity index (χ4v) is 18.3. The first-order valence-corrected chi connectivity index (χ1v) is 45.3. The molecule has 0 aliphatic heterocycles. The van der Waals surface area contributed by atoms with Gasteiger partial charge in [-0.2, -0.15) is 0 Å². The van der Waals surface area contributed by atoms with E-state index in [1.165, 1.54) is 161 Å². The van der Waals surface area contributed by atoms with E-state index in [2.05, 4.69) is 507 Å². The smallest absolute Gasteiger partial charge is 0.0467 e. The van der Waals surface area contributed by atoms with Crippen molar-refractivity contribution in [3.8, 4) is 89.0 Å². The maximum atomic E-state index is 2.46. The minimum Gasteiger partial charge on any atom is -0.310 e. The van der Waals surface area contributed by atoms with Crippen LogP contribution in [0.25, 0.3) is 89.0 Å². The molecule has 2 nitrogen and oxygen atoms in total. The summed E-state index contributed by atoms with van der Waals surface area (Å²) in [4.78, 5) is 4.90. The van der Waals surface area contributed by atoms with Crippen LogP contribution in [0, 0.1) is 0 Å². The minimum absolute atomic E-state index is 0.0139. The lowest BCUT2D eigenvalue weighted by Gasteiger charge is -2.30. The highest BCUT2D eigenvalue weighted by Gasteiger charge is 2.39. The van der Waals surface area contributed by atoms with Crippen molar-refractivity contribution in [3.05, 3.63) is 370 Å². The molecule has 0 amide bonds. The van der Waals surface area contributed by atoms with Gasteiger partial charge in [-0.25, -0.2) is 0 Å². The second kappa shape index (κ2) is 32.0. The lowest BCUT2D eigenvalue weighted by atomic mass is 9.78. The third-order valence-electron chi connectivity index (χ3n) is 26.5. The molecule has 14 aromatic rings. The largest absolute Gasteiger partial charge is 0.310 e. The summed E-state index contributed by atoms with van der Waals surface area (Å²) in [6.07, 6.45) is 0. The molecule has 0 unspecified atom stereocenters. The van der Waals surface area contributed by atoms with E-state index in [1.807, 2.05) is 0 Å². The quantitative estimate of drug-likeness (QED) is 0.120. The van der Waals surface area contributed by atoms with Crippen molar-refractivity contribution in [2.24, 2.45) is 0 Å². The summed E-state index contributed by atoms with van der Waals surface area (Å²) >= 11 is 0. The normalized spacial score (nSPS) is 13.8. The first-order valence-electron chi connectivity index (χ1n) is 45.3. The van der Waals surface area contributed by atoms with Crippen molar-refractivity contribution >= 4 is 34.1 Å². The van der Waals surface area contributed by atoms with E-state index in [1.54, 1.807) is 0 Å². The van der Waals surface area contributed by atoms with Crippen LogP contribution in [0.1, 0.15) is 261 Å². The van der Waals surface area contributed by atoms with Crippen LogP contribution in [-0.2, 0) is 54.1 Å². The highest BCUT2D eigenvalue weighted by Crippen LogP contribution is 2.54. The molecule has 16 rings (SSSR count). The highest BCUT2D eigenvalue weighted by atomic mass is 15.1. The molecule has 124 heavy (non-hydrogen) atoms. The molecule has 0 aromatic heterocycles.